The van der Waals surface area contributed by atoms with Gasteiger partial charge in [-0.1, -0.05) is 6.07 Å². The van der Waals surface area contributed by atoms with Gasteiger partial charge < -0.3 is 10.1 Å². The number of nitrogens with zero attached hydrogens (tertiary/aromatic N) is 1. The van der Waals surface area contributed by atoms with Crippen molar-refractivity contribution in [3.63, 3.8) is 0 Å². The quantitative estimate of drug-likeness (QED) is 0.864. The zero-order valence-corrected chi connectivity index (χ0v) is 13.3. The molecule has 0 aromatic heterocycles. The molecule has 1 aliphatic heterocycles. The van der Waals surface area contributed by atoms with Gasteiger partial charge in [0.25, 0.3) is 0 Å². The van der Waals surface area contributed by atoms with Crippen molar-refractivity contribution in [3.05, 3.63) is 28.2 Å². The van der Waals surface area contributed by atoms with Crippen LogP contribution in [0.1, 0.15) is 12.0 Å². The first-order valence-electron chi connectivity index (χ1n) is 6.78. The van der Waals surface area contributed by atoms with E-state index < -0.39 is 6.36 Å². The van der Waals surface area contributed by atoms with Crippen molar-refractivity contribution in [2.24, 2.45) is 5.92 Å². The fourth-order valence-corrected chi connectivity index (χ4v) is 3.13. The molecular weight excluding hydrogens is 349 g/mol. The lowest BCUT2D eigenvalue weighted by Crippen LogP contribution is -2.24. The highest BCUT2D eigenvalue weighted by Crippen LogP contribution is 2.31. The number of likely N-dealkylation sites (tertiary alicyclic amines) is 1. The van der Waals surface area contributed by atoms with E-state index in [1.54, 1.807) is 12.1 Å². The van der Waals surface area contributed by atoms with Gasteiger partial charge in [0.2, 0.25) is 0 Å². The number of alkyl halides is 3. The molecule has 1 heterocycles. The largest absolute Gasteiger partial charge is 0.573 e. The Morgan fingerprint density at radius 1 is 1.43 bits per heavy atom. The van der Waals surface area contributed by atoms with Crippen molar-refractivity contribution in [3.8, 4) is 5.75 Å². The second kappa shape index (κ2) is 6.98. The molecular formula is C14H18BrF3N2O. The van der Waals surface area contributed by atoms with Crippen LogP contribution in [0.3, 0.4) is 0 Å². The number of halogens is 4. The van der Waals surface area contributed by atoms with Gasteiger partial charge in [0.15, 0.2) is 0 Å². The van der Waals surface area contributed by atoms with Gasteiger partial charge in [0, 0.05) is 13.1 Å². The van der Waals surface area contributed by atoms with E-state index in [1.165, 1.54) is 6.07 Å². The summed E-state index contributed by atoms with van der Waals surface area (Å²) in [5, 5.41) is 3.18. The summed E-state index contributed by atoms with van der Waals surface area (Å²) < 4.78 is 40.9. The predicted octanol–water partition coefficient (Wildman–Crippen LogP) is 3.39. The number of hydrogen-bond donors (Lipinski definition) is 1. The summed E-state index contributed by atoms with van der Waals surface area (Å²) in [6.07, 6.45) is -3.52. The minimum atomic E-state index is -4.67. The zero-order chi connectivity index (χ0) is 15.5. The average molecular weight is 367 g/mol. The third kappa shape index (κ3) is 5.16. The van der Waals surface area contributed by atoms with E-state index in [9.17, 15) is 13.2 Å². The number of ether oxygens (including phenoxy) is 1. The molecule has 1 unspecified atom stereocenters. The van der Waals surface area contributed by atoms with Gasteiger partial charge in [0.1, 0.15) is 5.75 Å². The van der Waals surface area contributed by atoms with Gasteiger partial charge in [-0.2, -0.15) is 0 Å². The molecule has 1 saturated heterocycles. The van der Waals surface area contributed by atoms with E-state index in [1.807, 2.05) is 7.05 Å². The van der Waals surface area contributed by atoms with Gasteiger partial charge in [-0.05, 0) is 66.1 Å². The molecule has 0 aliphatic carbocycles. The Bertz CT molecular complexity index is 482. The van der Waals surface area contributed by atoms with Gasteiger partial charge in [-0.15, -0.1) is 13.2 Å². The van der Waals surface area contributed by atoms with Crippen LogP contribution in [0.4, 0.5) is 13.2 Å². The van der Waals surface area contributed by atoms with E-state index in [-0.39, 0.29) is 5.75 Å². The summed E-state index contributed by atoms with van der Waals surface area (Å²) in [7, 11) is 1.94. The van der Waals surface area contributed by atoms with E-state index >= 15 is 0 Å². The summed E-state index contributed by atoms with van der Waals surface area (Å²) >= 11 is 3.13. The van der Waals surface area contributed by atoms with Crippen LogP contribution >= 0.6 is 15.9 Å². The highest BCUT2D eigenvalue weighted by molar-refractivity contribution is 9.10. The van der Waals surface area contributed by atoms with Crippen molar-refractivity contribution in [1.82, 2.24) is 10.2 Å². The lowest BCUT2D eigenvalue weighted by molar-refractivity contribution is -0.274. The van der Waals surface area contributed by atoms with Gasteiger partial charge >= 0.3 is 6.36 Å². The van der Waals surface area contributed by atoms with Crippen LogP contribution in [-0.4, -0.2) is 37.9 Å². The molecule has 0 radical (unpaired) electrons. The van der Waals surface area contributed by atoms with Crippen LogP contribution in [0.5, 0.6) is 5.75 Å². The molecule has 1 fully saturated rings. The lowest BCUT2D eigenvalue weighted by Gasteiger charge is -2.17. The Morgan fingerprint density at radius 3 is 2.81 bits per heavy atom. The van der Waals surface area contributed by atoms with Crippen molar-refractivity contribution >= 4 is 15.9 Å². The van der Waals surface area contributed by atoms with Crippen LogP contribution in [0.25, 0.3) is 0 Å². The smallest absolute Gasteiger partial charge is 0.405 e. The van der Waals surface area contributed by atoms with E-state index in [0.717, 1.165) is 38.2 Å². The van der Waals surface area contributed by atoms with Crippen molar-refractivity contribution < 1.29 is 17.9 Å². The van der Waals surface area contributed by atoms with Crippen LogP contribution in [0.2, 0.25) is 0 Å². The minimum absolute atomic E-state index is 0.208. The maximum atomic E-state index is 12.2. The summed E-state index contributed by atoms with van der Waals surface area (Å²) in [5.41, 5.74) is 0.974. The normalized spacial score (nSPS) is 20.0. The molecule has 1 N–H and O–H groups in total. The van der Waals surface area contributed by atoms with E-state index in [2.05, 4.69) is 30.9 Å². The summed E-state index contributed by atoms with van der Waals surface area (Å²) in [6, 6.07) is 4.72. The fraction of sp³-hybridized carbons (Fsp3) is 0.571. The monoisotopic (exact) mass is 366 g/mol. The van der Waals surface area contributed by atoms with Crippen molar-refractivity contribution in [1.29, 1.82) is 0 Å². The molecule has 0 spiro atoms. The first-order valence-corrected chi connectivity index (χ1v) is 7.58. The van der Waals surface area contributed by atoms with Crippen molar-refractivity contribution in [2.75, 3.05) is 26.7 Å². The number of nitrogens with one attached hydrogen (secondary N) is 1. The van der Waals surface area contributed by atoms with Gasteiger partial charge in [0.05, 0.1) is 4.47 Å². The Balaban J connectivity index is 1.95. The summed E-state index contributed by atoms with van der Waals surface area (Å²) in [4.78, 5) is 2.31. The molecule has 2 rings (SSSR count). The highest BCUT2D eigenvalue weighted by Gasteiger charge is 2.32. The standard InChI is InChI=1S/C14H18BrF3N2O/c1-19-7-11-4-5-20(9-11)8-10-2-3-13(12(15)6-10)21-14(16,17)18/h2-3,6,11,19H,4-5,7-9H2,1H3. The Kier molecular flexibility index (Phi) is 5.51. The maximum absolute atomic E-state index is 12.2. The number of benzene rings is 1. The SMILES string of the molecule is CNCC1CCN(Cc2ccc(OC(F)(F)F)c(Br)c2)C1. The molecule has 1 aromatic carbocycles. The van der Waals surface area contributed by atoms with Crippen LogP contribution < -0.4 is 10.1 Å². The molecule has 3 nitrogen and oxygen atoms in total. The van der Waals surface area contributed by atoms with Gasteiger partial charge in [-0.25, -0.2) is 0 Å². The van der Waals surface area contributed by atoms with Crippen LogP contribution in [0.15, 0.2) is 22.7 Å². The molecule has 1 aliphatic rings. The summed E-state index contributed by atoms with van der Waals surface area (Å²) in [6.45, 7) is 3.77. The predicted molar refractivity (Wildman–Crippen MR) is 78.1 cm³/mol. The third-order valence-corrected chi connectivity index (χ3v) is 4.11. The minimum Gasteiger partial charge on any atom is -0.405 e. The second-order valence-electron chi connectivity index (χ2n) is 5.26. The third-order valence-electron chi connectivity index (χ3n) is 3.49. The van der Waals surface area contributed by atoms with E-state index in [4.69, 9.17) is 0 Å². The van der Waals surface area contributed by atoms with Gasteiger partial charge in [-0.3, -0.25) is 4.90 Å². The Morgan fingerprint density at radius 2 is 2.19 bits per heavy atom. The molecule has 7 heteroatoms. The van der Waals surface area contributed by atoms with Crippen LogP contribution in [-0.2, 0) is 6.54 Å². The Labute approximate surface area is 130 Å². The molecule has 21 heavy (non-hydrogen) atoms. The average Bonchev–Trinajstić information content (AvgIpc) is 2.79. The molecule has 0 amide bonds. The van der Waals surface area contributed by atoms with Crippen molar-refractivity contribution in [2.45, 2.75) is 19.3 Å². The molecule has 1 aromatic rings. The van der Waals surface area contributed by atoms with E-state index in [0.29, 0.717) is 10.4 Å². The topological polar surface area (TPSA) is 24.5 Å². The summed E-state index contributed by atoms with van der Waals surface area (Å²) in [5.74, 6) is 0.437. The lowest BCUT2D eigenvalue weighted by atomic mass is 10.1. The molecule has 0 saturated carbocycles. The highest BCUT2D eigenvalue weighted by atomic mass is 79.9. The first kappa shape index (κ1) is 16.6. The zero-order valence-electron chi connectivity index (χ0n) is 11.7. The number of hydrogen-bond acceptors (Lipinski definition) is 3. The molecule has 0 bridgehead atoms. The molecule has 1 atom stereocenters. The first-order chi connectivity index (χ1) is 9.87. The maximum Gasteiger partial charge on any atom is 0.573 e. The number of rotatable bonds is 5. The Hall–Kier alpha value is -0.790. The van der Waals surface area contributed by atoms with Crippen LogP contribution in [0, 0.1) is 5.92 Å². The fourth-order valence-electron chi connectivity index (χ4n) is 2.62. The second-order valence-corrected chi connectivity index (χ2v) is 6.11. The molecule has 118 valence electrons.